The van der Waals surface area contributed by atoms with E-state index >= 15 is 0 Å². The van der Waals surface area contributed by atoms with Gasteiger partial charge in [-0.3, -0.25) is 9.80 Å². The highest BCUT2D eigenvalue weighted by molar-refractivity contribution is 5.42. The van der Waals surface area contributed by atoms with Gasteiger partial charge in [0.1, 0.15) is 0 Å². The quantitative estimate of drug-likeness (QED) is 0.857. The summed E-state index contributed by atoms with van der Waals surface area (Å²) in [5.74, 6) is 1.76. The summed E-state index contributed by atoms with van der Waals surface area (Å²) in [4.78, 5) is 5.03. The highest BCUT2D eigenvalue weighted by Gasteiger charge is 2.29. The maximum atomic E-state index is 5.68. The minimum Gasteiger partial charge on any atom is -0.459 e. The standard InChI is InChI=1S/C15H20N4O2/c1-2-7-19(6-1)12-5-8-18(10-12)11-14-16-17-15(21-14)13-4-3-9-20-13/h3-4,9,12H,1-2,5-8,10-11H2. The smallest absolute Gasteiger partial charge is 0.283 e. The topological polar surface area (TPSA) is 58.5 Å². The fraction of sp³-hybridized carbons (Fsp3) is 0.600. The maximum Gasteiger partial charge on any atom is 0.283 e. The third kappa shape index (κ3) is 2.73. The van der Waals surface area contributed by atoms with Crippen molar-refractivity contribution in [3.8, 4) is 11.7 Å². The maximum absolute atomic E-state index is 5.68. The van der Waals surface area contributed by atoms with Crippen LogP contribution in [-0.4, -0.2) is 52.2 Å². The van der Waals surface area contributed by atoms with Crippen LogP contribution in [0.4, 0.5) is 0 Å². The summed E-state index contributed by atoms with van der Waals surface area (Å²) < 4.78 is 11.0. The molecule has 1 atom stereocenters. The van der Waals surface area contributed by atoms with Crippen LogP contribution >= 0.6 is 0 Å². The van der Waals surface area contributed by atoms with E-state index in [1.807, 2.05) is 12.1 Å². The van der Waals surface area contributed by atoms with Gasteiger partial charge >= 0.3 is 0 Å². The lowest BCUT2D eigenvalue weighted by atomic mass is 10.2. The summed E-state index contributed by atoms with van der Waals surface area (Å²) in [7, 11) is 0. The number of rotatable bonds is 4. The molecule has 6 heteroatoms. The van der Waals surface area contributed by atoms with Crippen molar-refractivity contribution >= 4 is 0 Å². The Balaban J connectivity index is 1.36. The molecule has 0 bridgehead atoms. The highest BCUT2D eigenvalue weighted by Crippen LogP contribution is 2.23. The number of hydrogen-bond donors (Lipinski definition) is 0. The summed E-state index contributed by atoms with van der Waals surface area (Å²) in [6.45, 7) is 5.49. The average molecular weight is 288 g/mol. The van der Waals surface area contributed by atoms with Gasteiger partial charge in [0.25, 0.3) is 5.89 Å². The highest BCUT2D eigenvalue weighted by atomic mass is 16.4. The molecule has 0 N–H and O–H groups in total. The van der Waals surface area contributed by atoms with Gasteiger partial charge in [-0.25, -0.2) is 0 Å². The fourth-order valence-electron chi connectivity index (χ4n) is 3.37. The Morgan fingerprint density at radius 2 is 2.10 bits per heavy atom. The van der Waals surface area contributed by atoms with Gasteiger partial charge in [-0.05, 0) is 44.5 Å². The first-order valence-electron chi connectivity index (χ1n) is 7.71. The first-order chi connectivity index (χ1) is 10.4. The van der Waals surface area contributed by atoms with Crippen LogP contribution < -0.4 is 0 Å². The Morgan fingerprint density at radius 1 is 1.19 bits per heavy atom. The van der Waals surface area contributed by atoms with Crippen molar-refractivity contribution in [3.05, 3.63) is 24.3 Å². The van der Waals surface area contributed by atoms with Crippen LogP contribution in [0.25, 0.3) is 11.7 Å². The van der Waals surface area contributed by atoms with Gasteiger partial charge in [0.05, 0.1) is 12.8 Å². The second kappa shape index (κ2) is 5.61. The minimum atomic E-state index is 0.463. The first-order valence-corrected chi connectivity index (χ1v) is 7.71. The van der Waals surface area contributed by atoms with Gasteiger partial charge < -0.3 is 8.83 Å². The van der Waals surface area contributed by atoms with Crippen LogP contribution in [0.5, 0.6) is 0 Å². The lowest BCUT2D eigenvalue weighted by Crippen LogP contribution is -2.35. The fourth-order valence-corrected chi connectivity index (χ4v) is 3.37. The molecule has 4 rings (SSSR count). The Bertz CT molecular complexity index is 574. The average Bonchev–Trinajstić information content (AvgIpc) is 3.28. The van der Waals surface area contributed by atoms with Crippen molar-refractivity contribution in [3.63, 3.8) is 0 Å². The molecule has 1 unspecified atom stereocenters. The molecule has 2 fully saturated rings. The Hall–Kier alpha value is -1.66. The molecule has 0 radical (unpaired) electrons. The first kappa shape index (κ1) is 13.0. The molecule has 0 aromatic carbocycles. The van der Waals surface area contributed by atoms with Crippen LogP contribution in [0, 0.1) is 0 Å². The Kier molecular flexibility index (Phi) is 3.48. The Labute approximate surface area is 123 Å². The van der Waals surface area contributed by atoms with Crippen LogP contribution in [0.1, 0.15) is 25.2 Å². The van der Waals surface area contributed by atoms with E-state index in [4.69, 9.17) is 8.83 Å². The van der Waals surface area contributed by atoms with E-state index < -0.39 is 0 Å². The van der Waals surface area contributed by atoms with Crippen molar-refractivity contribution in [1.29, 1.82) is 0 Å². The molecule has 2 aliphatic heterocycles. The number of hydrogen-bond acceptors (Lipinski definition) is 6. The van der Waals surface area contributed by atoms with Crippen LogP contribution in [-0.2, 0) is 6.54 Å². The minimum absolute atomic E-state index is 0.463. The van der Waals surface area contributed by atoms with E-state index in [-0.39, 0.29) is 0 Å². The summed E-state index contributed by atoms with van der Waals surface area (Å²) >= 11 is 0. The van der Waals surface area contributed by atoms with Gasteiger partial charge in [0.2, 0.25) is 5.89 Å². The van der Waals surface area contributed by atoms with E-state index in [1.54, 1.807) is 6.26 Å². The van der Waals surface area contributed by atoms with Crippen LogP contribution in [0.2, 0.25) is 0 Å². The number of nitrogens with zero attached hydrogens (tertiary/aromatic N) is 4. The lowest BCUT2D eigenvalue weighted by Gasteiger charge is -2.23. The van der Waals surface area contributed by atoms with Crippen LogP contribution in [0.15, 0.2) is 27.2 Å². The van der Waals surface area contributed by atoms with Crippen molar-refractivity contribution in [2.45, 2.75) is 31.8 Å². The van der Waals surface area contributed by atoms with Crippen molar-refractivity contribution in [2.75, 3.05) is 26.2 Å². The third-order valence-electron chi connectivity index (χ3n) is 4.46. The molecule has 112 valence electrons. The van der Waals surface area contributed by atoms with Gasteiger partial charge in [0, 0.05) is 19.1 Å². The van der Waals surface area contributed by atoms with Gasteiger partial charge in [0.15, 0.2) is 5.76 Å². The number of furan rings is 1. The van der Waals surface area contributed by atoms with E-state index in [0.29, 0.717) is 23.6 Å². The molecule has 2 aromatic heterocycles. The molecule has 0 aliphatic carbocycles. The lowest BCUT2D eigenvalue weighted by molar-refractivity contribution is 0.222. The molecule has 2 aliphatic rings. The number of aromatic nitrogens is 2. The molecule has 21 heavy (non-hydrogen) atoms. The van der Waals surface area contributed by atoms with E-state index in [9.17, 15) is 0 Å². The van der Waals surface area contributed by atoms with Gasteiger partial charge in [-0.15, -0.1) is 10.2 Å². The second-order valence-electron chi connectivity index (χ2n) is 5.90. The normalized spacial score (nSPS) is 24.1. The SMILES string of the molecule is c1coc(-c2nnc(CN3CCC(N4CCCC4)C3)o2)c1. The van der Waals surface area contributed by atoms with Crippen molar-refractivity contribution in [1.82, 2.24) is 20.0 Å². The van der Waals surface area contributed by atoms with Gasteiger partial charge in [-0.2, -0.15) is 0 Å². The molecule has 0 saturated carbocycles. The largest absolute Gasteiger partial charge is 0.459 e. The summed E-state index contributed by atoms with van der Waals surface area (Å²) in [5.41, 5.74) is 0. The molecule has 6 nitrogen and oxygen atoms in total. The molecular formula is C15H20N4O2. The zero-order chi connectivity index (χ0) is 14.1. The summed E-state index contributed by atoms with van der Waals surface area (Å²) in [5, 5.41) is 8.18. The van der Waals surface area contributed by atoms with E-state index in [2.05, 4.69) is 20.0 Å². The molecule has 4 heterocycles. The van der Waals surface area contributed by atoms with E-state index in [1.165, 1.54) is 32.4 Å². The van der Waals surface area contributed by atoms with Crippen LogP contribution in [0.3, 0.4) is 0 Å². The number of likely N-dealkylation sites (tertiary alicyclic amines) is 2. The molecule has 0 amide bonds. The zero-order valence-corrected chi connectivity index (χ0v) is 12.1. The molecule has 2 saturated heterocycles. The predicted octanol–water partition coefficient (Wildman–Crippen LogP) is 2.00. The summed E-state index contributed by atoms with van der Waals surface area (Å²) in [6, 6.07) is 4.36. The predicted molar refractivity (Wildman–Crippen MR) is 76.5 cm³/mol. The van der Waals surface area contributed by atoms with E-state index in [0.717, 1.165) is 19.6 Å². The van der Waals surface area contributed by atoms with Crippen molar-refractivity contribution in [2.24, 2.45) is 0 Å². The molecule has 2 aromatic rings. The molecule has 0 spiro atoms. The zero-order valence-electron chi connectivity index (χ0n) is 12.1. The van der Waals surface area contributed by atoms with Gasteiger partial charge in [-0.1, -0.05) is 0 Å². The summed E-state index contributed by atoms with van der Waals surface area (Å²) in [6.07, 6.45) is 5.57. The second-order valence-corrected chi connectivity index (χ2v) is 5.90. The monoisotopic (exact) mass is 288 g/mol. The molecular weight excluding hydrogens is 268 g/mol. The Morgan fingerprint density at radius 3 is 2.90 bits per heavy atom. The third-order valence-corrected chi connectivity index (χ3v) is 4.46. The van der Waals surface area contributed by atoms with Crippen molar-refractivity contribution < 1.29 is 8.83 Å².